The van der Waals surface area contributed by atoms with Crippen LogP contribution in [0.2, 0.25) is 0 Å². The Balaban J connectivity index is 1.94. The molecule has 1 heterocycles. The van der Waals surface area contributed by atoms with E-state index in [9.17, 15) is 14.0 Å². The third-order valence-corrected chi connectivity index (χ3v) is 6.50. The third-order valence-electron chi connectivity index (χ3n) is 4.90. The number of anilines is 1. The number of hydrogen-bond donors (Lipinski definition) is 1. The Morgan fingerprint density at radius 1 is 1.21 bits per heavy atom. The van der Waals surface area contributed by atoms with E-state index in [-0.39, 0.29) is 17.6 Å². The molecule has 0 radical (unpaired) electrons. The first-order valence-electron chi connectivity index (χ1n) is 9.02. The molecule has 2 unspecified atom stereocenters. The number of aliphatic imine (C=N–C) groups is 1. The highest BCUT2D eigenvalue weighted by molar-refractivity contribution is 6.70. The highest BCUT2D eigenvalue weighted by atomic mass is 35.6. The molecule has 1 saturated heterocycles. The monoisotopic (exact) mass is 482 g/mol. The number of amidine groups is 1. The Kier molecular flexibility index (Phi) is 6.95. The minimum absolute atomic E-state index is 0.0955. The molecule has 29 heavy (non-hydrogen) atoms. The molecule has 0 bridgehead atoms. The highest BCUT2D eigenvalue weighted by Crippen LogP contribution is 2.37. The Labute approximate surface area is 187 Å². The lowest BCUT2D eigenvalue weighted by atomic mass is 10.2. The lowest BCUT2D eigenvalue weighted by Gasteiger charge is -2.28. The van der Waals surface area contributed by atoms with Crippen LogP contribution in [0.5, 0.6) is 0 Å². The molecule has 11 heteroatoms. The zero-order valence-electron chi connectivity index (χ0n) is 15.4. The van der Waals surface area contributed by atoms with E-state index in [0.717, 1.165) is 41.5 Å². The molecule has 1 aromatic carbocycles. The number of rotatable bonds is 5. The van der Waals surface area contributed by atoms with Gasteiger partial charge in [0.2, 0.25) is 9.63 Å². The van der Waals surface area contributed by atoms with Crippen LogP contribution in [0.1, 0.15) is 25.7 Å². The van der Waals surface area contributed by atoms with Crippen molar-refractivity contribution in [1.29, 1.82) is 0 Å². The lowest BCUT2D eigenvalue weighted by Crippen LogP contribution is -2.47. The Bertz CT molecular complexity index is 826. The Hall–Kier alpha value is -1.12. The van der Waals surface area contributed by atoms with Gasteiger partial charge < -0.3 is 0 Å². The molecule has 0 aromatic heterocycles. The van der Waals surface area contributed by atoms with Crippen LogP contribution >= 0.6 is 46.4 Å². The Morgan fingerprint density at radius 2 is 1.83 bits per heavy atom. The fraction of sp³-hybridized carbons (Fsp3) is 0.500. The SMILES string of the molecule is CN1C(=O)N(c2ccccc2F)C(=O)C1=NC(NC1CCCC1)C(Cl)C(Cl)(Cl)Cl. The van der Waals surface area contributed by atoms with Crippen LogP contribution in [0, 0.1) is 5.82 Å². The summed E-state index contributed by atoms with van der Waals surface area (Å²) in [5.74, 6) is -1.70. The third kappa shape index (κ3) is 4.80. The average molecular weight is 484 g/mol. The van der Waals surface area contributed by atoms with Gasteiger partial charge in [0.05, 0.1) is 5.69 Å². The molecule has 2 atom stereocenters. The molecule has 158 valence electrons. The molecule has 6 nitrogen and oxygen atoms in total. The van der Waals surface area contributed by atoms with Crippen molar-refractivity contribution < 1.29 is 14.0 Å². The number of hydrogen-bond acceptors (Lipinski definition) is 4. The number of amides is 3. The summed E-state index contributed by atoms with van der Waals surface area (Å²) in [5.41, 5.74) is -0.163. The average Bonchev–Trinajstić information content (AvgIpc) is 3.23. The van der Waals surface area contributed by atoms with E-state index >= 15 is 0 Å². The number of para-hydroxylation sites is 1. The molecular weight excluding hydrogens is 465 g/mol. The van der Waals surface area contributed by atoms with Crippen LogP contribution in [-0.4, -0.2) is 51.1 Å². The minimum atomic E-state index is -1.86. The zero-order valence-corrected chi connectivity index (χ0v) is 18.4. The van der Waals surface area contributed by atoms with Crippen LogP contribution in [-0.2, 0) is 4.79 Å². The smallest absolute Gasteiger partial charge is 0.292 e. The fourth-order valence-corrected chi connectivity index (χ4v) is 3.88. The summed E-state index contributed by atoms with van der Waals surface area (Å²) in [6.45, 7) is 0. The van der Waals surface area contributed by atoms with Gasteiger partial charge in [-0.1, -0.05) is 59.8 Å². The summed E-state index contributed by atoms with van der Waals surface area (Å²) in [4.78, 5) is 31.6. The van der Waals surface area contributed by atoms with Crippen molar-refractivity contribution in [2.24, 2.45) is 4.99 Å². The molecule has 1 aliphatic heterocycles. The molecule has 2 aliphatic rings. The van der Waals surface area contributed by atoms with Gasteiger partial charge in [-0.3, -0.25) is 15.0 Å². The van der Waals surface area contributed by atoms with Crippen molar-refractivity contribution >= 4 is 69.9 Å². The predicted octanol–water partition coefficient (Wildman–Crippen LogP) is 4.46. The maximum atomic E-state index is 14.2. The van der Waals surface area contributed by atoms with E-state index in [1.165, 1.54) is 25.2 Å². The number of likely N-dealkylation sites (N-methyl/N-ethyl adjacent to an activating group) is 1. The van der Waals surface area contributed by atoms with E-state index in [0.29, 0.717) is 0 Å². The maximum Gasteiger partial charge on any atom is 0.337 e. The topological polar surface area (TPSA) is 65.0 Å². The van der Waals surface area contributed by atoms with E-state index in [2.05, 4.69) is 10.3 Å². The number of imide groups is 1. The first-order chi connectivity index (χ1) is 13.6. The predicted molar refractivity (Wildman–Crippen MR) is 114 cm³/mol. The van der Waals surface area contributed by atoms with Gasteiger partial charge in [-0.15, -0.1) is 11.6 Å². The first-order valence-corrected chi connectivity index (χ1v) is 10.6. The van der Waals surface area contributed by atoms with Crippen molar-refractivity contribution in [3.05, 3.63) is 30.1 Å². The number of nitrogens with zero attached hydrogens (tertiary/aromatic N) is 3. The largest absolute Gasteiger partial charge is 0.337 e. The number of carbonyl (C=O) groups is 2. The minimum Gasteiger partial charge on any atom is -0.292 e. The van der Waals surface area contributed by atoms with Crippen LogP contribution in [0.25, 0.3) is 0 Å². The molecule has 1 aromatic rings. The second-order valence-electron chi connectivity index (χ2n) is 6.92. The van der Waals surface area contributed by atoms with E-state index in [1.807, 2.05) is 0 Å². The van der Waals surface area contributed by atoms with Crippen molar-refractivity contribution in [2.45, 2.75) is 47.1 Å². The summed E-state index contributed by atoms with van der Waals surface area (Å²) in [7, 11) is 1.37. The number of urea groups is 1. The number of alkyl halides is 4. The maximum absolute atomic E-state index is 14.2. The first kappa shape index (κ1) is 22.6. The summed E-state index contributed by atoms with van der Waals surface area (Å²) < 4.78 is 12.3. The standard InChI is InChI=1S/C18H19Cl4FN4O2/c1-26-15(16(28)27(17(26)29)12-9-5-4-8-11(12)23)25-14(13(19)18(20,21)22)24-10-6-2-3-7-10/h4-5,8-10,13-14,24H,2-3,6-7H2,1H3. The molecule has 3 amide bonds. The normalized spacial score (nSPS) is 22.1. The number of halogens is 5. The van der Waals surface area contributed by atoms with Gasteiger partial charge in [-0.05, 0) is 25.0 Å². The number of nitrogens with one attached hydrogen (secondary N) is 1. The van der Waals surface area contributed by atoms with Crippen molar-refractivity contribution in [3.8, 4) is 0 Å². The van der Waals surface area contributed by atoms with Crippen molar-refractivity contribution in [3.63, 3.8) is 0 Å². The van der Waals surface area contributed by atoms with Crippen LogP contribution < -0.4 is 10.2 Å². The van der Waals surface area contributed by atoms with E-state index in [4.69, 9.17) is 46.4 Å². The summed E-state index contributed by atoms with van der Waals surface area (Å²) >= 11 is 24.2. The van der Waals surface area contributed by atoms with Gasteiger partial charge in [-0.2, -0.15) is 0 Å². The van der Waals surface area contributed by atoms with Crippen LogP contribution in [0.3, 0.4) is 0 Å². The highest BCUT2D eigenvalue weighted by Gasteiger charge is 2.45. The van der Waals surface area contributed by atoms with Gasteiger partial charge in [0.25, 0.3) is 0 Å². The second kappa shape index (κ2) is 8.94. The number of benzene rings is 1. The van der Waals surface area contributed by atoms with Gasteiger partial charge in [0, 0.05) is 13.1 Å². The molecule has 1 N–H and O–H groups in total. The summed E-state index contributed by atoms with van der Waals surface area (Å²) in [6.07, 6.45) is 2.94. The van der Waals surface area contributed by atoms with Gasteiger partial charge >= 0.3 is 11.9 Å². The van der Waals surface area contributed by atoms with Crippen LogP contribution in [0.4, 0.5) is 14.9 Å². The van der Waals surface area contributed by atoms with Gasteiger partial charge in [0.15, 0.2) is 0 Å². The molecule has 1 saturated carbocycles. The summed E-state index contributed by atoms with van der Waals surface area (Å²) in [5, 5.41) is 2.10. The fourth-order valence-electron chi connectivity index (χ4n) is 3.39. The van der Waals surface area contributed by atoms with Gasteiger partial charge in [-0.25, -0.2) is 19.1 Å². The molecule has 0 spiro atoms. The zero-order chi connectivity index (χ0) is 21.3. The van der Waals surface area contributed by atoms with Gasteiger partial charge in [0.1, 0.15) is 17.4 Å². The lowest BCUT2D eigenvalue weighted by molar-refractivity contribution is -0.111. The quantitative estimate of drug-likeness (QED) is 0.496. The van der Waals surface area contributed by atoms with Crippen molar-refractivity contribution in [1.82, 2.24) is 10.2 Å². The Morgan fingerprint density at radius 3 is 2.41 bits per heavy atom. The van der Waals surface area contributed by atoms with E-state index < -0.39 is 33.1 Å². The molecular formula is C18H19Cl4FN4O2. The number of carbonyl (C=O) groups excluding carboxylic acids is 2. The molecule has 1 aliphatic carbocycles. The van der Waals surface area contributed by atoms with Crippen molar-refractivity contribution in [2.75, 3.05) is 11.9 Å². The van der Waals surface area contributed by atoms with E-state index in [1.54, 1.807) is 0 Å². The molecule has 2 fully saturated rings. The molecule has 3 rings (SSSR count). The second-order valence-corrected chi connectivity index (χ2v) is 9.76. The van der Waals surface area contributed by atoms with Crippen LogP contribution in [0.15, 0.2) is 29.3 Å². The summed E-state index contributed by atoms with van der Waals surface area (Å²) in [6, 6.07) is 4.84.